The number of hydrogen-bond acceptors (Lipinski definition) is 8. The van der Waals surface area contributed by atoms with E-state index in [1.54, 1.807) is 4.57 Å². The summed E-state index contributed by atoms with van der Waals surface area (Å²) in [5, 5.41) is 22.1. The second-order valence-corrected chi connectivity index (χ2v) is 7.91. The summed E-state index contributed by atoms with van der Waals surface area (Å²) in [5.74, 6) is 0.102. The molecule has 0 aliphatic carbocycles. The molecule has 0 saturated heterocycles. The predicted molar refractivity (Wildman–Crippen MR) is 124 cm³/mol. The number of amides is 2. The van der Waals surface area contributed by atoms with E-state index in [0.29, 0.717) is 11.0 Å². The molecule has 0 aliphatic rings. The summed E-state index contributed by atoms with van der Waals surface area (Å²) in [4.78, 5) is 24.2. The number of hydrogen-bond donors (Lipinski definition) is 2. The molecule has 0 bridgehead atoms. The lowest BCUT2D eigenvalue weighted by Gasteiger charge is -2.11. The maximum atomic E-state index is 12.6. The molecule has 0 unspecified atom stereocenters. The van der Waals surface area contributed by atoms with Crippen molar-refractivity contribution in [3.63, 3.8) is 0 Å². The van der Waals surface area contributed by atoms with E-state index in [2.05, 4.69) is 31.1 Å². The Bertz CT molecular complexity index is 1270. The lowest BCUT2D eigenvalue weighted by Crippen LogP contribution is -2.15. The molecule has 0 saturated carbocycles. The van der Waals surface area contributed by atoms with Crippen LogP contribution in [0.25, 0.3) is 17.2 Å². The zero-order valence-electron chi connectivity index (χ0n) is 18.0. The zero-order valence-corrected chi connectivity index (χ0v) is 18.8. The number of carbonyl (C=O) groups is 2. The van der Waals surface area contributed by atoms with Gasteiger partial charge in [-0.2, -0.15) is 0 Å². The Hall–Kier alpha value is -3.99. The van der Waals surface area contributed by atoms with Gasteiger partial charge in [0.25, 0.3) is 0 Å². The number of rotatable bonds is 8. The fraction of sp³-hybridized carbons (Fsp3) is 0.182. The number of nitrogens with one attached hydrogen (secondary N) is 2. The van der Waals surface area contributed by atoms with Crippen LogP contribution in [0, 0.1) is 0 Å². The van der Waals surface area contributed by atoms with Crippen molar-refractivity contribution < 1.29 is 14.2 Å². The van der Waals surface area contributed by atoms with Crippen LogP contribution < -0.4 is 10.6 Å². The van der Waals surface area contributed by atoms with Gasteiger partial charge in [-0.25, -0.2) is 4.63 Å². The second-order valence-electron chi connectivity index (χ2n) is 6.97. The van der Waals surface area contributed by atoms with E-state index in [0.717, 1.165) is 23.4 Å². The van der Waals surface area contributed by atoms with Crippen LogP contribution in [0.1, 0.15) is 19.4 Å². The average molecular weight is 464 g/mol. The van der Waals surface area contributed by atoms with E-state index < -0.39 is 0 Å². The Morgan fingerprint density at radius 1 is 1.00 bits per heavy atom. The fourth-order valence-corrected chi connectivity index (χ4v) is 3.93. The Kier molecular flexibility index (Phi) is 6.79. The molecule has 168 valence electrons. The standard InChI is InChI=1S/C22H21N7O3S/c1-3-15-9-7-8-12-17(15)24-18(31)13-33-22-26-25-21(29(22)16-10-5-4-6-11-16)19-20(23-14(2)30)28-32-27-19/h4-12H,3,13H2,1-2H3,(H,24,31)(H,23,28,30). The molecule has 0 aliphatic heterocycles. The van der Waals surface area contributed by atoms with Crippen LogP contribution in [-0.4, -0.2) is 42.6 Å². The summed E-state index contributed by atoms with van der Waals surface area (Å²) in [6.45, 7) is 3.40. The third kappa shape index (κ3) is 5.09. The van der Waals surface area contributed by atoms with E-state index in [4.69, 9.17) is 4.63 Å². The van der Waals surface area contributed by atoms with Gasteiger partial charge in [0.1, 0.15) is 0 Å². The van der Waals surface area contributed by atoms with Crippen molar-refractivity contribution >= 4 is 35.1 Å². The summed E-state index contributed by atoms with van der Waals surface area (Å²) in [5.41, 5.74) is 2.85. The van der Waals surface area contributed by atoms with E-state index in [-0.39, 0.29) is 29.1 Å². The predicted octanol–water partition coefficient (Wildman–Crippen LogP) is 3.57. The molecule has 11 heteroatoms. The summed E-state index contributed by atoms with van der Waals surface area (Å²) in [7, 11) is 0. The first kappa shape index (κ1) is 22.2. The lowest BCUT2D eigenvalue weighted by molar-refractivity contribution is -0.114. The number of benzene rings is 2. The van der Waals surface area contributed by atoms with Crippen LogP contribution in [0.2, 0.25) is 0 Å². The van der Waals surface area contributed by atoms with Gasteiger partial charge in [-0.15, -0.1) is 10.2 Å². The molecule has 2 amide bonds. The molecule has 0 radical (unpaired) electrons. The Labute approximate surface area is 193 Å². The van der Waals surface area contributed by atoms with Gasteiger partial charge < -0.3 is 10.6 Å². The van der Waals surface area contributed by atoms with Crippen LogP contribution in [0.15, 0.2) is 64.4 Å². The minimum atomic E-state index is -0.323. The molecule has 10 nitrogen and oxygen atoms in total. The van der Waals surface area contributed by atoms with Crippen LogP contribution in [0.5, 0.6) is 0 Å². The summed E-state index contributed by atoms with van der Waals surface area (Å²) < 4.78 is 6.56. The minimum absolute atomic E-state index is 0.124. The molecule has 33 heavy (non-hydrogen) atoms. The molecule has 0 fully saturated rings. The molecule has 0 atom stereocenters. The SMILES string of the molecule is CCc1ccccc1NC(=O)CSc1nnc(-c2nonc2NC(C)=O)n1-c1ccccc1. The highest BCUT2D eigenvalue weighted by Crippen LogP contribution is 2.30. The molecule has 2 heterocycles. The summed E-state index contributed by atoms with van der Waals surface area (Å²) in [6.07, 6.45) is 0.817. The van der Waals surface area contributed by atoms with Gasteiger partial charge in [0.05, 0.1) is 5.75 Å². The smallest absolute Gasteiger partial charge is 0.234 e. The molecule has 4 rings (SSSR count). The number of nitrogens with zero attached hydrogens (tertiary/aromatic N) is 5. The van der Waals surface area contributed by atoms with E-state index in [1.165, 1.54) is 18.7 Å². The summed E-state index contributed by atoms with van der Waals surface area (Å²) >= 11 is 1.23. The first-order valence-corrected chi connectivity index (χ1v) is 11.2. The number of carbonyl (C=O) groups excluding carboxylic acids is 2. The topological polar surface area (TPSA) is 128 Å². The Balaban J connectivity index is 1.61. The van der Waals surface area contributed by atoms with Crippen LogP contribution in [-0.2, 0) is 16.0 Å². The minimum Gasteiger partial charge on any atom is -0.325 e. The van der Waals surface area contributed by atoms with Crippen LogP contribution >= 0.6 is 11.8 Å². The molecular weight excluding hydrogens is 442 g/mol. The maximum Gasteiger partial charge on any atom is 0.234 e. The highest BCUT2D eigenvalue weighted by Gasteiger charge is 2.24. The fourth-order valence-electron chi connectivity index (χ4n) is 3.18. The average Bonchev–Trinajstić information content (AvgIpc) is 3.44. The Morgan fingerprint density at radius 3 is 2.52 bits per heavy atom. The molecule has 2 aromatic heterocycles. The van der Waals surface area contributed by atoms with Gasteiger partial charge in [-0.1, -0.05) is 55.1 Å². The molecule has 2 aromatic carbocycles. The van der Waals surface area contributed by atoms with Crippen molar-refractivity contribution in [2.24, 2.45) is 0 Å². The van der Waals surface area contributed by atoms with Gasteiger partial charge in [0, 0.05) is 18.3 Å². The molecule has 2 N–H and O–H groups in total. The monoisotopic (exact) mass is 463 g/mol. The van der Waals surface area contributed by atoms with Gasteiger partial charge in [-0.05, 0) is 40.5 Å². The number of aryl methyl sites for hydroxylation is 1. The normalized spacial score (nSPS) is 10.7. The third-order valence-corrected chi connectivity index (χ3v) is 5.58. The van der Waals surface area contributed by atoms with Crippen molar-refractivity contribution in [2.45, 2.75) is 25.4 Å². The zero-order chi connectivity index (χ0) is 23.2. The molecule has 4 aromatic rings. The molecule has 0 spiro atoms. The van der Waals surface area contributed by atoms with Crippen molar-refractivity contribution in [2.75, 3.05) is 16.4 Å². The van der Waals surface area contributed by atoms with Crippen molar-refractivity contribution in [1.29, 1.82) is 0 Å². The second kappa shape index (κ2) is 10.1. The Morgan fingerprint density at radius 2 is 1.76 bits per heavy atom. The number of aromatic nitrogens is 5. The quantitative estimate of drug-likeness (QED) is 0.380. The molecular formula is C22H21N7O3S. The van der Waals surface area contributed by atoms with E-state index >= 15 is 0 Å². The van der Waals surface area contributed by atoms with Gasteiger partial charge in [-0.3, -0.25) is 14.2 Å². The highest BCUT2D eigenvalue weighted by atomic mass is 32.2. The number of para-hydroxylation sites is 2. The van der Waals surface area contributed by atoms with Crippen molar-refractivity contribution in [1.82, 2.24) is 25.1 Å². The largest absolute Gasteiger partial charge is 0.325 e. The van der Waals surface area contributed by atoms with Gasteiger partial charge in [0.2, 0.25) is 17.6 Å². The van der Waals surface area contributed by atoms with Gasteiger partial charge >= 0.3 is 0 Å². The van der Waals surface area contributed by atoms with E-state index in [9.17, 15) is 9.59 Å². The highest BCUT2D eigenvalue weighted by molar-refractivity contribution is 7.99. The first-order chi connectivity index (χ1) is 16.1. The van der Waals surface area contributed by atoms with Crippen LogP contribution in [0.3, 0.4) is 0 Å². The lowest BCUT2D eigenvalue weighted by atomic mass is 10.1. The summed E-state index contributed by atoms with van der Waals surface area (Å²) in [6, 6.07) is 17.1. The third-order valence-electron chi connectivity index (χ3n) is 4.65. The van der Waals surface area contributed by atoms with Crippen LogP contribution in [0.4, 0.5) is 11.5 Å². The van der Waals surface area contributed by atoms with Crippen molar-refractivity contribution in [3.05, 3.63) is 60.2 Å². The van der Waals surface area contributed by atoms with E-state index in [1.807, 2.05) is 61.5 Å². The maximum absolute atomic E-state index is 12.6. The van der Waals surface area contributed by atoms with Gasteiger partial charge in [0.15, 0.2) is 16.7 Å². The van der Waals surface area contributed by atoms with Crippen molar-refractivity contribution in [3.8, 4) is 17.2 Å². The first-order valence-electron chi connectivity index (χ1n) is 10.2. The number of anilines is 2. The number of thioether (sulfide) groups is 1.